The van der Waals surface area contributed by atoms with E-state index in [4.69, 9.17) is 4.74 Å². The van der Waals surface area contributed by atoms with E-state index >= 15 is 4.39 Å². The second-order valence-corrected chi connectivity index (χ2v) is 7.63. The van der Waals surface area contributed by atoms with Gasteiger partial charge >= 0.3 is 0 Å². The molecule has 1 saturated heterocycles. The number of anilines is 2. The van der Waals surface area contributed by atoms with Crippen LogP contribution in [0.4, 0.5) is 20.2 Å². The molecular formula is C21H28F2N6O3. The van der Waals surface area contributed by atoms with Crippen LogP contribution in [0.2, 0.25) is 0 Å². The summed E-state index contributed by atoms with van der Waals surface area (Å²) >= 11 is 0. The molecule has 1 aromatic carbocycles. The van der Waals surface area contributed by atoms with Crippen LogP contribution in [0.3, 0.4) is 0 Å². The molecule has 0 saturated carbocycles. The lowest BCUT2D eigenvalue weighted by molar-refractivity contribution is -0.123. The summed E-state index contributed by atoms with van der Waals surface area (Å²) < 4.78 is 35.0. The molecular weight excluding hydrogens is 422 g/mol. The molecule has 2 amide bonds. The van der Waals surface area contributed by atoms with Gasteiger partial charge in [0.05, 0.1) is 6.20 Å². The quantitative estimate of drug-likeness (QED) is 0.673. The number of rotatable bonds is 5. The number of benzene rings is 1. The van der Waals surface area contributed by atoms with Gasteiger partial charge in [-0.2, -0.15) is 9.37 Å². The molecule has 0 bridgehead atoms. The minimum Gasteiger partial charge on any atom is -0.478 e. The van der Waals surface area contributed by atoms with Crippen LogP contribution in [0, 0.1) is 11.8 Å². The lowest BCUT2D eigenvalue weighted by Crippen LogP contribution is -2.46. The number of carbonyl (C=O) groups excluding carboxylic acids is 2. The highest BCUT2D eigenvalue weighted by molar-refractivity contribution is 5.98. The van der Waals surface area contributed by atoms with E-state index in [1.54, 1.807) is 17.0 Å². The zero-order chi connectivity index (χ0) is 22.8. The first kappa shape index (κ1) is 21.9. The molecule has 3 heterocycles. The molecule has 0 spiro atoms. The Hall–Kier alpha value is -3.34. The van der Waals surface area contributed by atoms with E-state index in [1.165, 1.54) is 13.2 Å². The van der Waals surface area contributed by atoms with Gasteiger partial charge in [0, 0.05) is 48.2 Å². The average Bonchev–Trinajstić information content (AvgIpc) is 2.81. The fraction of sp³-hybridized carbons (Fsp3) is 0.429. The number of fused-ring (bicyclic) bond motifs is 1. The predicted molar refractivity (Wildman–Crippen MR) is 117 cm³/mol. The van der Waals surface area contributed by atoms with Crippen molar-refractivity contribution in [2.45, 2.75) is 26.0 Å². The van der Waals surface area contributed by atoms with E-state index in [9.17, 15) is 14.0 Å². The highest BCUT2D eigenvalue weighted by Gasteiger charge is 2.30. The van der Waals surface area contributed by atoms with Crippen molar-refractivity contribution in [3.8, 4) is 5.75 Å². The van der Waals surface area contributed by atoms with Gasteiger partial charge in [-0.3, -0.25) is 14.5 Å². The van der Waals surface area contributed by atoms with Crippen molar-refractivity contribution in [2.24, 2.45) is 0 Å². The third kappa shape index (κ3) is 4.20. The maximum atomic E-state index is 15.0. The van der Waals surface area contributed by atoms with Crippen LogP contribution in [-0.4, -0.2) is 66.0 Å². The zero-order valence-corrected chi connectivity index (χ0v) is 17.8. The first-order valence-electron chi connectivity index (χ1n) is 10.4. The maximum Gasteiger partial charge on any atom is 0.288 e. The van der Waals surface area contributed by atoms with Crippen LogP contribution in [-0.2, 0) is 11.3 Å². The summed E-state index contributed by atoms with van der Waals surface area (Å²) in [6.45, 7) is 4.28. The van der Waals surface area contributed by atoms with Crippen molar-refractivity contribution in [3.63, 3.8) is 0 Å². The number of carbonyl (C=O) groups is 2. The van der Waals surface area contributed by atoms with Gasteiger partial charge in [0.1, 0.15) is 17.1 Å². The first-order valence-corrected chi connectivity index (χ1v) is 10.4. The molecule has 0 aliphatic carbocycles. The minimum absolute atomic E-state index is 0. The Labute approximate surface area is 186 Å². The number of hydrogen-bond donors (Lipinski definition) is 2. The number of amides is 2. The Bertz CT molecular complexity index is 1050. The number of halogens is 2. The summed E-state index contributed by atoms with van der Waals surface area (Å²) in [5, 5.41) is 4.96. The van der Waals surface area contributed by atoms with Crippen LogP contribution in [0.5, 0.6) is 5.75 Å². The molecule has 2 N–H and O–H groups in total. The van der Waals surface area contributed by atoms with Crippen molar-refractivity contribution in [1.82, 2.24) is 20.2 Å². The summed E-state index contributed by atoms with van der Waals surface area (Å²) in [7, 11) is 1.42. The number of ether oxygens (including phenoxy) is 1. The van der Waals surface area contributed by atoms with Crippen LogP contribution >= 0.6 is 0 Å². The van der Waals surface area contributed by atoms with Gasteiger partial charge in [-0.1, -0.05) is 13.0 Å². The molecule has 2 aliphatic heterocycles. The third-order valence-corrected chi connectivity index (χ3v) is 5.63. The van der Waals surface area contributed by atoms with Crippen LogP contribution in [0.25, 0.3) is 0 Å². The predicted octanol–water partition coefficient (Wildman–Crippen LogP) is 2.04. The van der Waals surface area contributed by atoms with Gasteiger partial charge in [-0.25, -0.2) is 9.37 Å². The van der Waals surface area contributed by atoms with Gasteiger partial charge in [0.15, 0.2) is 11.9 Å². The minimum atomic E-state index is -0.756. The number of nitrogens with one attached hydrogen (secondary N) is 2. The molecule has 32 heavy (non-hydrogen) atoms. The lowest BCUT2D eigenvalue weighted by atomic mass is 10.1. The summed E-state index contributed by atoms with van der Waals surface area (Å²) in [5.74, 6) is -2.06. The summed E-state index contributed by atoms with van der Waals surface area (Å²) in [5.41, 5.74) is 0.745. The molecule has 0 radical (unpaired) electrons. The van der Waals surface area contributed by atoms with Crippen molar-refractivity contribution < 1.29 is 26.0 Å². The van der Waals surface area contributed by atoms with E-state index in [-0.39, 0.29) is 26.0 Å². The Balaban J connectivity index is 0.00000204. The molecule has 174 valence electrons. The maximum absolute atomic E-state index is 15.0. The van der Waals surface area contributed by atoms with Crippen molar-refractivity contribution in [1.29, 1.82) is 0 Å². The molecule has 2 aromatic rings. The zero-order valence-electron chi connectivity index (χ0n) is 17.8. The molecule has 9 nitrogen and oxygen atoms in total. The molecule has 1 aromatic heterocycles. The average molecular weight is 450 g/mol. The summed E-state index contributed by atoms with van der Waals surface area (Å²) in [6, 6.07) is 3.34. The normalized spacial score (nSPS) is 18.6. The van der Waals surface area contributed by atoms with Gasteiger partial charge in [-0.15, -0.1) is 0 Å². The number of nitrogens with zero attached hydrogens (tertiary/aromatic N) is 4. The smallest absolute Gasteiger partial charge is 0.288 e. The number of piperazine rings is 1. The third-order valence-electron chi connectivity index (χ3n) is 5.63. The Morgan fingerprint density at radius 3 is 2.72 bits per heavy atom. The van der Waals surface area contributed by atoms with E-state index in [1.807, 2.05) is 11.8 Å². The Kier molecular flexibility index (Phi) is 6.17. The number of aromatic nitrogens is 2. The second-order valence-electron chi connectivity index (χ2n) is 7.63. The lowest BCUT2D eigenvalue weighted by Gasteiger charge is -2.36. The van der Waals surface area contributed by atoms with Gasteiger partial charge < -0.3 is 20.3 Å². The van der Waals surface area contributed by atoms with Crippen LogP contribution in [0.1, 0.15) is 32.4 Å². The fourth-order valence-electron chi connectivity index (χ4n) is 3.79. The molecule has 11 heteroatoms. The monoisotopic (exact) mass is 450 g/mol. The van der Waals surface area contributed by atoms with Crippen molar-refractivity contribution in [3.05, 3.63) is 41.5 Å². The molecule has 1 fully saturated rings. The Morgan fingerprint density at radius 2 is 2.06 bits per heavy atom. The molecule has 4 rings (SSSR count). The topological polar surface area (TPSA) is 99.7 Å². The van der Waals surface area contributed by atoms with Crippen molar-refractivity contribution in [2.75, 3.05) is 43.4 Å². The van der Waals surface area contributed by atoms with Gasteiger partial charge in [0.2, 0.25) is 11.8 Å². The standard InChI is InChI=1S/C21H24F2N6O3.2H2/c1-3-14-20(30)26-17-15(32-14)5-4-12(16(17)22)11-28-6-8-29(9-7-28)13-10-25-19(21(31)24-2)27-18(13)23;;/h4-5,10,14H,3,6-9,11H2,1-2H3,(H,24,31)(H,26,30);2*1H/t14-;;/m1../s1. The second kappa shape index (κ2) is 9.03. The van der Waals surface area contributed by atoms with E-state index < -0.39 is 23.8 Å². The summed E-state index contributed by atoms with van der Waals surface area (Å²) in [4.78, 5) is 35.0. The number of hydrogen-bond acceptors (Lipinski definition) is 7. The van der Waals surface area contributed by atoms with E-state index in [2.05, 4.69) is 20.6 Å². The summed E-state index contributed by atoms with van der Waals surface area (Å²) in [6.07, 6.45) is 1.19. The van der Waals surface area contributed by atoms with Crippen LogP contribution in [0.15, 0.2) is 18.3 Å². The fourth-order valence-corrected chi connectivity index (χ4v) is 3.79. The molecule has 2 aliphatic rings. The Morgan fingerprint density at radius 1 is 1.31 bits per heavy atom. The van der Waals surface area contributed by atoms with Crippen molar-refractivity contribution >= 4 is 23.2 Å². The molecule has 0 unspecified atom stereocenters. The van der Waals surface area contributed by atoms with Gasteiger partial charge in [0.25, 0.3) is 11.8 Å². The first-order chi connectivity index (χ1) is 15.4. The van der Waals surface area contributed by atoms with Crippen LogP contribution < -0.4 is 20.3 Å². The SMILES string of the molecule is CC[C@H]1Oc2ccc(CN3CCN(c4cnc(C(=O)NC)nc4F)CC3)c(F)c2NC1=O.[HH].[HH]. The molecule has 1 atom stereocenters. The van der Waals surface area contributed by atoms with Gasteiger partial charge in [-0.05, 0) is 12.5 Å². The highest BCUT2D eigenvalue weighted by Crippen LogP contribution is 2.35. The largest absolute Gasteiger partial charge is 0.478 e. The highest BCUT2D eigenvalue weighted by atomic mass is 19.1. The van der Waals surface area contributed by atoms with E-state index in [0.717, 1.165) is 0 Å². The van der Waals surface area contributed by atoms with E-state index in [0.29, 0.717) is 50.5 Å².